The summed E-state index contributed by atoms with van der Waals surface area (Å²) in [6.45, 7) is 3.82. The number of alkyl halides is 3. The molecule has 28 heavy (non-hydrogen) atoms. The highest BCUT2D eigenvalue weighted by Gasteiger charge is 2.50. The van der Waals surface area contributed by atoms with Gasteiger partial charge in [0.25, 0.3) is 0 Å². The number of benzene rings is 2. The van der Waals surface area contributed by atoms with Gasteiger partial charge in [0, 0.05) is 11.4 Å². The van der Waals surface area contributed by atoms with Crippen LogP contribution < -0.4 is 9.80 Å². The summed E-state index contributed by atoms with van der Waals surface area (Å²) < 4.78 is 40.2. The van der Waals surface area contributed by atoms with Gasteiger partial charge >= 0.3 is 6.18 Å². The van der Waals surface area contributed by atoms with Gasteiger partial charge in [-0.15, -0.1) is 12.6 Å². The number of halogens is 3. The van der Waals surface area contributed by atoms with Gasteiger partial charge in [0.1, 0.15) is 11.2 Å². The van der Waals surface area contributed by atoms with Crippen molar-refractivity contribution in [1.29, 1.82) is 5.26 Å². The van der Waals surface area contributed by atoms with E-state index in [-0.39, 0.29) is 11.4 Å². The Bertz CT molecular complexity index is 926. The summed E-state index contributed by atoms with van der Waals surface area (Å²) in [6.07, 6.45) is -4.65. The van der Waals surface area contributed by atoms with Gasteiger partial charge in [-0.25, -0.2) is 0 Å². The Kier molecular flexibility index (Phi) is 5.15. The lowest BCUT2D eigenvalue weighted by molar-refractivity contribution is -0.137. The van der Waals surface area contributed by atoms with E-state index in [0.717, 1.165) is 17.8 Å². The van der Waals surface area contributed by atoms with Crippen molar-refractivity contribution >= 4 is 36.6 Å². The van der Waals surface area contributed by atoms with Crippen LogP contribution in [0.15, 0.2) is 42.5 Å². The number of phenolic OH excluding ortho intramolecular Hbond substituents is 1. The number of anilines is 2. The molecule has 1 heterocycles. The summed E-state index contributed by atoms with van der Waals surface area (Å²) in [5.41, 5.74) is -1.63. The van der Waals surface area contributed by atoms with E-state index in [1.165, 1.54) is 18.2 Å². The second-order valence-corrected chi connectivity index (χ2v) is 7.96. The molecule has 0 bridgehead atoms. The average Bonchev–Trinajstić information content (AvgIpc) is 2.79. The molecule has 4 nitrogen and oxygen atoms in total. The van der Waals surface area contributed by atoms with E-state index in [1.807, 2.05) is 18.7 Å². The number of aromatic hydroxyl groups is 1. The third-order valence-electron chi connectivity index (χ3n) is 4.85. The van der Waals surface area contributed by atoms with Gasteiger partial charge in [-0.2, -0.15) is 31.1 Å². The largest absolute Gasteiger partial charge is 0.508 e. The molecule has 1 fully saturated rings. The zero-order valence-corrected chi connectivity index (χ0v) is 16.8. The molecular formula is C19H18F3N3OS2. The fraction of sp³-hybridized carbons (Fsp3) is 0.316. The fourth-order valence-corrected chi connectivity index (χ4v) is 4.58. The maximum Gasteiger partial charge on any atom is 0.417 e. The smallest absolute Gasteiger partial charge is 0.417 e. The third-order valence-corrected chi connectivity index (χ3v) is 6.21. The minimum absolute atomic E-state index is 0.109. The third kappa shape index (κ3) is 3.35. The van der Waals surface area contributed by atoms with Crippen LogP contribution in [0.3, 0.4) is 0 Å². The molecule has 0 aliphatic carbocycles. The number of hydrogen-bond donors (Lipinski definition) is 3. The van der Waals surface area contributed by atoms with Crippen LogP contribution in [0, 0.1) is 11.3 Å². The molecule has 2 aromatic rings. The first kappa shape index (κ1) is 20.6. The van der Waals surface area contributed by atoms with Crippen LogP contribution in [0.1, 0.15) is 25.0 Å². The monoisotopic (exact) mass is 425 g/mol. The predicted octanol–water partition coefficient (Wildman–Crippen LogP) is 4.86. The number of phenols is 1. The molecule has 3 rings (SSSR count). The summed E-state index contributed by atoms with van der Waals surface area (Å²) in [5, 5.41) is 18.1. The van der Waals surface area contributed by atoms with Crippen LogP contribution in [-0.4, -0.2) is 21.5 Å². The zero-order valence-electron chi connectivity index (χ0n) is 15.0. The van der Waals surface area contributed by atoms with Crippen molar-refractivity contribution in [3.8, 4) is 11.8 Å². The normalized spacial score (nSPS) is 21.6. The molecule has 148 valence electrons. The average molecular weight is 426 g/mol. The first-order chi connectivity index (χ1) is 13.0. The van der Waals surface area contributed by atoms with Gasteiger partial charge in [-0.05, 0) is 56.3 Å². The van der Waals surface area contributed by atoms with Crippen molar-refractivity contribution in [2.24, 2.45) is 0 Å². The van der Waals surface area contributed by atoms with E-state index in [0.29, 0.717) is 0 Å². The SMILES string of the molecule is CC1(C)C(S)N(c2ccc(C#N)c(C(F)(F)F)c2)C(S)N1c1ccc(O)cc1. The maximum absolute atomic E-state index is 13.4. The Morgan fingerprint density at radius 2 is 1.64 bits per heavy atom. The number of rotatable bonds is 2. The Morgan fingerprint density at radius 1 is 1.07 bits per heavy atom. The number of nitrogens with zero attached hydrogens (tertiary/aromatic N) is 3. The van der Waals surface area contributed by atoms with E-state index in [2.05, 4.69) is 25.3 Å². The molecular weight excluding hydrogens is 407 g/mol. The van der Waals surface area contributed by atoms with Crippen LogP contribution in [0.4, 0.5) is 24.5 Å². The molecule has 0 aromatic heterocycles. The van der Waals surface area contributed by atoms with Crippen molar-refractivity contribution in [2.45, 2.75) is 36.4 Å². The highest BCUT2D eigenvalue weighted by Crippen LogP contribution is 2.46. The van der Waals surface area contributed by atoms with Crippen molar-refractivity contribution in [2.75, 3.05) is 9.80 Å². The van der Waals surface area contributed by atoms with Gasteiger partial charge < -0.3 is 14.9 Å². The quantitative estimate of drug-likeness (QED) is 0.602. The number of nitriles is 1. The zero-order chi connectivity index (χ0) is 20.9. The van der Waals surface area contributed by atoms with E-state index in [4.69, 9.17) is 5.26 Å². The minimum atomic E-state index is -4.65. The van der Waals surface area contributed by atoms with Crippen LogP contribution in [0.25, 0.3) is 0 Å². The van der Waals surface area contributed by atoms with E-state index >= 15 is 0 Å². The van der Waals surface area contributed by atoms with Crippen LogP contribution >= 0.6 is 25.3 Å². The molecule has 1 aliphatic heterocycles. The second kappa shape index (κ2) is 7.01. The van der Waals surface area contributed by atoms with Crippen molar-refractivity contribution in [3.05, 3.63) is 53.6 Å². The van der Waals surface area contributed by atoms with E-state index in [1.54, 1.807) is 23.1 Å². The van der Waals surface area contributed by atoms with Gasteiger partial charge in [0.05, 0.1) is 28.1 Å². The molecule has 0 saturated carbocycles. The minimum Gasteiger partial charge on any atom is -0.508 e. The fourth-order valence-electron chi connectivity index (χ4n) is 3.39. The maximum atomic E-state index is 13.4. The predicted molar refractivity (Wildman–Crippen MR) is 109 cm³/mol. The van der Waals surface area contributed by atoms with Crippen LogP contribution in [-0.2, 0) is 6.18 Å². The molecule has 0 spiro atoms. The first-order valence-corrected chi connectivity index (χ1v) is 9.36. The molecule has 1 saturated heterocycles. The van der Waals surface area contributed by atoms with Gasteiger partial charge in [-0.3, -0.25) is 0 Å². The lowest BCUT2D eigenvalue weighted by Gasteiger charge is -2.35. The second-order valence-electron chi connectivity index (χ2n) is 7.01. The Balaban J connectivity index is 2.08. The summed E-state index contributed by atoms with van der Waals surface area (Å²) in [6, 6.07) is 11.7. The summed E-state index contributed by atoms with van der Waals surface area (Å²) in [7, 11) is 0. The van der Waals surface area contributed by atoms with E-state index < -0.39 is 33.7 Å². The molecule has 2 aromatic carbocycles. The lowest BCUT2D eigenvalue weighted by Crippen LogP contribution is -2.45. The standard InChI is InChI=1S/C19H18F3N3OS2/c1-18(2)16(27)24(17(28)25(18)12-5-7-14(26)8-6-12)13-4-3-11(10-23)15(9-13)19(20,21)22/h3-9,16-17,26-28H,1-2H3. The first-order valence-electron chi connectivity index (χ1n) is 8.32. The molecule has 0 radical (unpaired) electrons. The Morgan fingerprint density at radius 3 is 2.18 bits per heavy atom. The van der Waals surface area contributed by atoms with Gasteiger partial charge in [0.2, 0.25) is 0 Å². The van der Waals surface area contributed by atoms with Gasteiger partial charge in [0.15, 0.2) is 0 Å². The van der Waals surface area contributed by atoms with Crippen LogP contribution in [0.2, 0.25) is 0 Å². The van der Waals surface area contributed by atoms with Crippen molar-refractivity contribution in [1.82, 2.24) is 0 Å². The van der Waals surface area contributed by atoms with Crippen molar-refractivity contribution < 1.29 is 18.3 Å². The Hall–Kier alpha value is -2.18. The topological polar surface area (TPSA) is 50.5 Å². The molecule has 2 unspecified atom stereocenters. The Labute approximate surface area is 172 Å². The molecule has 0 amide bonds. The van der Waals surface area contributed by atoms with Crippen molar-refractivity contribution in [3.63, 3.8) is 0 Å². The molecule has 1 aliphatic rings. The summed E-state index contributed by atoms with van der Waals surface area (Å²) >= 11 is 9.32. The van der Waals surface area contributed by atoms with E-state index in [9.17, 15) is 18.3 Å². The highest BCUT2D eigenvalue weighted by molar-refractivity contribution is 7.82. The number of hydrogen-bond acceptors (Lipinski definition) is 6. The lowest BCUT2D eigenvalue weighted by atomic mass is 10.0. The molecule has 9 heteroatoms. The highest BCUT2D eigenvalue weighted by atomic mass is 32.1. The summed E-state index contributed by atoms with van der Waals surface area (Å²) in [5.74, 6) is 0.109. The van der Waals surface area contributed by atoms with Gasteiger partial charge in [-0.1, -0.05) is 0 Å². The summed E-state index contributed by atoms with van der Waals surface area (Å²) in [4.78, 5) is 3.58. The number of thiol groups is 2. The molecule has 1 N–H and O–H groups in total. The van der Waals surface area contributed by atoms with Crippen LogP contribution in [0.5, 0.6) is 5.75 Å². The molecule has 2 atom stereocenters.